The Bertz CT molecular complexity index is 676. The number of carbonyl (C=O) groups is 1. The van der Waals surface area contributed by atoms with Crippen LogP contribution in [0.15, 0.2) is 15.7 Å². The second-order valence-corrected chi connectivity index (χ2v) is 5.09. The number of rotatable bonds is 8. The lowest BCUT2D eigenvalue weighted by Gasteiger charge is -2.21. The molecule has 9 nitrogen and oxygen atoms in total. The van der Waals surface area contributed by atoms with E-state index in [1.165, 1.54) is 13.0 Å². The predicted octanol–water partition coefficient (Wildman–Crippen LogP) is -2.33. The molecule has 6 N–H and O–H groups in total. The molecule has 23 heavy (non-hydrogen) atoms. The molecule has 0 saturated carbocycles. The minimum absolute atomic E-state index is 0.00706. The molecule has 0 aliphatic rings. The fraction of sp³-hybridized carbons (Fsp3) is 0.500. The summed E-state index contributed by atoms with van der Waals surface area (Å²) in [6.45, 7) is 0.582. The SMILES string of the molecule is CC(=O)/C=C/c1c(CC[C@H](O)[C@H](O)[C@H](O)CO)[nH]c(=O)[nH]c1=O. The Balaban J connectivity index is 2.97. The molecule has 3 atom stereocenters. The van der Waals surface area contributed by atoms with E-state index in [1.807, 2.05) is 4.98 Å². The van der Waals surface area contributed by atoms with Gasteiger partial charge in [-0.2, -0.15) is 0 Å². The first-order valence-electron chi connectivity index (χ1n) is 6.95. The van der Waals surface area contributed by atoms with Crippen molar-refractivity contribution >= 4 is 11.9 Å². The Hall–Kier alpha value is -2.07. The summed E-state index contributed by atoms with van der Waals surface area (Å²) in [5, 5.41) is 37.3. The third kappa shape index (κ3) is 5.57. The molecule has 0 radical (unpaired) electrons. The molecule has 0 spiro atoms. The maximum absolute atomic E-state index is 11.8. The van der Waals surface area contributed by atoms with Crippen molar-refractivity contribution in [3.05, 3.63) is 38.2 Å². The topological polar surface area (TPSA) is 164 Å². The van der Waals surface area contributed by atoms with Gasteiger partial charge in [-0.05, 0) is 31.9 Å². The van der Waals surface area contributed by atoms with E-state index < -0.39 is 36.2 Å². The largest absolute Gasteiger partial charge is 0.394 e. The molecule has 0 bridgehead atoms. The number of aryl methyl sites for hydroxylation is 1. The second-order valence-electron chi connectivity index (χ2n) is 5.09. The Kier molecular flexibility index (Phi) is 7.04. The normalized spacial score (nSPS) is 15.5. The predicted molar refractivity (Wildman–Crippen MR) is 80.8 cm³/mol. The number of hydrogen-bond acceptors (Lipinski definition) is 7. The molecule has 0 aliphatic heterocycles. The number of hydrogen-bond donors (Lipinski definition) is 6. The van der Waals surface area contributed by atoms with E-state index in [0.29, 0.717) is 0 Å². The van der Waals surface area contributed by atoms with Crippen molar-refractivity contribution in [3.63, 3.8) is 0 Å². The molecule has 0 unspecified atom stereocenters. The van der Waals surface area contributed by atoms with Gasteiger partial charge >= 0.3 is 5.69 Å². The minimum Gasteiger partial charge on any atom is -0.394 e. The van der Waals surface area contributed by atoms with Crippen LogP contribution in [-0.4, -0.2) is 61.1 Å². The van der Waals surface area contributed by atoms with Gasteiger partial charge in [0.2, 0.25) is 0 Å². The first kappa shape index (κ1) is 19.0. The average Bonchev–Trinajstić information content (AvgIpc) is 2.49. The Morgan fingerprint density at radius 1 is 1.17 bits per heavy atom. The lowest BCUT2D eigenvalue weighted by molar-refractivity contribution is -0.112. The van der Waals surface area contributed by atoms with Gasteiger partial charge in [-0.3, -0.25) is 14.6 Å². The lowest BCUT2D eigenvalue weighted by Crippen LogP contribution is -2.39. The van der Waals surface area contributed by atoms with Crippen LogP contribution in [0.3, 0.4) is 0 Å². The van der Waals surface area contributed by atoms with Crippen molar-refractivity contribution in [1.29, 1.82) is 0 Å². The van der Waals surface area contributed by atoms with E-state index in [-0.39, 0.29) is 29.9 Å². The molecule has 1 aromatic rings. The third-order valence-electron chi connectivity index (χ3n) is 3.21. The summed E-state index contributed by atoms with van der Waals surface area (Å²) in [4.78, 5) is 38.5. The first-order chi connectivity index (χ1) is 10.8. The summed E-state index contributed by atoms with van der Waals surface area (Å²) in [7, 11) is 0. The second kappa shape index (κ2) is 8.53. The number of carbonyl (C=O) groups excluding carboxylic acids is 1. The van der Waals surface area contributed by atoms with Gasteiger partial charge in [0, 0.05) is 5.69 Å². The molecule has 128 valence electrons. The van der Waals surface area contributed by atoms with E-state index in [4.69, 9.17) is 5.11 Å². The molecule has 0 amide bonds. The minimum atomic E-state index is -1.56. The number of allylic oxidation sites excluding steroid dienone is 1. The maximum atomic E-state index is 11.8. The van der Waals surface area contributed by atoms with Crippen molar-refractivity contribution in [2.24, 2.45) is 0 Å². The van der Waals surface area contributed by atoms with Crippen LogP contribution >= 0.6 is 0 Å². The molecule has 0 aromatic carbocycles. The molecule has 9 heteroatoms. The van der Waals surface area contributed by atoms with Crippen molar-refractivity contribution < 1.29 is 25.2 Å². The van der Waals surface area contributed by atoms with Crippen LogP contribution in [0.25, 0.3) is 6.08 Å². The summed E-state index contributed by atoms with van der Waals surface area (Å²) in [6.07, 6.45) is -2.11. The van der Waals surface area contributed by atoms with Gasteiger partial charge in [0.15, 0.2) is 5.78 Å². The van der Waals surface area contributed by atoms with Gasteiger partial charge < -0.3 is 25.4 Å². The van der Waals surface area contributed by atoms with E-state index in [9.17, 15) is 29.7 Å². The number of aromatic amines is 2. The fourth-order valence-corrected chi connectivity index (χ4v) is 1.94. The van der Waals surface area contributed by atoms with E-state index in [0.717, 1.165) is 6.08 Å². The summed E-state index contributed by atoms with van der Waals surface area (Å²) < 4.78 is 0. The van der Waals surface area contributed by atoms with Gasteiger partial charge in [0.25, 0.3) is 5.56 Å². The van der Waals surface area contributed by atoms with Crippen LogP contribution in [0.2, 0.25) is 0 Å². The highest BCUT2D eigenvalue weighted by atomic mass is 16.4. The van der Waals surface area contributed by atoms with Gasteiger partial charge in [-0.25, -0.2) is 4.79 Å². The van der Waals surface area contributed by atoms with Crippen molar-refractivity contribution in [2.75, 3.05) is 6.61 Å². The van der Waals surface area contributed by atoms with Crippen LogP contribution in [0.1, 0.15) is 24.6 Å². The van der Waals surface area contributed by atoms with Crippen molar-refractivity contribution in [1.82, 2.24) is 9.97 Å². The van der Waals surface area contributed by atoms with Crippen LogP contribution in [-0.2, 0) is 11.2 Å². The van der Waals surface area contributed by atoms with Crippen LogP contribution in [0.5, 0.6) is 0 Å². The van der Waals surface area contributed by atoms with Gasteiger partial charge in [-0.15, -0.1) is 0 Å². The van der Waals surface area contributed by atoms with E-state index in [1.54, 1.807) is 0 Å². The zero-order valence-electron chi connectivity index (χ0n) is 12.5. The molecule has 1 heterocycles. The summed E-state index contributed by atoms with van der Waals surface area (Å²) >= 11 is 0. The molecule has 1 aromatic heterocycles. The Labute approximate surface area is 130 Å². The van der Waals surface area contributed by atoms with E-state index >= 15 is 0 Å². The number of aliphatic hydroxyl groups excluding tert-OH is 4. The molecular weight excluding hydrogens is 308 g/mol. The Morgan fingerprint density at radius 2 is 1.83 bits per heavy atom. The number of ketones is 1. The lowest BCUT2D eigenvalue weighted by atomic mass is 10.0. The summed E-state index contributed by atoms with van der Waals surface area (Å²) in [6, 6.07) is 0. The summed E-state index contributed by atoms with van der Waals surface area (Å²) in [5.74, 6) is -0.289. The van der Waals surface area contributed by atoms with Crippen molar-refractivity contribution in [2.45, 2.75) is 38.1 Å². The first-order valence-corrected chi connectivity index (χ1v) is 6.95. The molecule has 0 fully saturated rings. The highest BCUT2D eigenvalue weighted by Gasteiger charge is 2.24. The van der Waals surface area contributed by atoms with Gasteiger partial charge in [0.1, 0.15) is 12.2 Å². The molecule has 1 rings (SSSR count). The van der Waals surface area contributed by atoms with Crippen LogP contribution in [0.4, 0.5) is 0 Å². The highest BCUT2D eigenvalue weighted by molar-refractivity contribution is 5.91. The van der Waals surface area contributed by atoms with Crippen LogP contribution in [0, 0.1) is 0 Å². The maximum Gasteiger partial charge on any atom is 0.325 e. The van der Waals surface area contributed by atoms with E-state index in [2.05, 4.69) is 4.98 Å². The third-order valence-corrected chi connectivity index (χ3v) is 3.21. The smallest absolute Gasteiger partial charge is 0.325 e. The van der Waals surface area contributed by atoms with Crippen LogP contribution < -0.4 is 11.2 Å². The molecule has 0 saturated heterocycles. The number of aromatic nitrogens is 2. The zero-order chi connectivity index (χ0) is 17.6. The molecular formula is C14H20N2O7. The number of H-pyrrole nitrogens is 2. The van der Waals surface area contributed by atoms with Gasteiger partial charge in [-0.1, -0.05) is 0 Å². The number of aliphatic hydroxyl groups is 4. The zero-order valence-corrected chi connectivity index (χ0v) is 12.5. The van der Waals surface area contributed by atoms with Gasteiger partial charge in [0.05, 0.1) is 18.3 Å². The molecule has 0 aliphatic carbocycles. The fourth-order valence-electron chi connectivity index (χ4n) is 1.94. The van der Waals surface area contributed by atoms with Crippen molar-refractivity contribution in [3.8, 4) is 0 Å². The standard InChI is InChI=1S/C14H20N2O7/c1-7(18)2-3-8-9(15-14(23)16-13(8)22)4-5-10(19)12(21)11(20)6-17/h2-3,10-12,17,19-21H,4-6H2,1H3,(H2,15,16,22,23)/b3-2+/t10-,11+,12-/m0/s1. The Morgan fingerprint density at radius 3 is 2.39 bits per heavy atom. The summed E-state index contributed by atoms with van der Waals surface area (Å²) in [5.41, 5.74) is -1.19. The highest BCUT2D eigenvalue weighted by Crippen LogP contribution is 2.10. The average molecular weight is 328 g/mol. The number of nitrogens with one attached hydrogen (secondary N) is 2. The monoisotopic (exact) mass is 328 g/mol. The quantitative estimate of drug-likeness (QED) is 0.291.